The highest BCUT2D eigenvalue weighted by Gasteiger charge is 2.38. The van der Waals surface area contributed by atoms with Gasteiger partial charge in [-0.25, -0.2) is 0 Å². The Morgan fingerprint density at radius 3 is 2.73 bits per heavy atom. The second-order valence-corrected chi connectivity index (χ2v) is 4.87. The van der Waals surface area contributed by atoms with Crippen molar-refractivity contribution in [1.29, 1.82) is 0 Å². The quantitative estimate of drug-likeness (QED) is 0.581. The molecule has 0 aliphatic heterocycles. The third-order valence-electron chi connectivity index (χ3n) is 3.94. The average Bonchev–Trinajstić information content (AvgIpc) is 3.01. The zero-order valence-corrected chi connectivity index (χ0v) is 8.95. The Morgan fingerprint density at radius 2 is 2.00 bits per heavy atom. The lowest BCUT2D eigenvalue weighted by Gasteiger charge is -2.23. The van der Waals surface area contributed by atoms with Crippen LogP contribution in [0.3, 0.4) is 0 Å². The van der Waals surface area contributed by atoms with Crippen LogP contribution in [0.4, 0.5) is 0 Å². The number of nitrogens with two attached hydrogens (primary N) is 1. The number of benzene rings is 1. The highest BCUT2D eigenvalue weighted by Crippen LogP contribution is 2.44. The summed E-state index contributed by atoms with van der Waals surface area (Å²) in [4.78, 5) is 0. The number of nitrogens with one attached hydrogen (secondary N) is 1. The zero-order valence-electron chi connectivity index (χ0n) is 8.95. The van der Waals surface area contributed by atoms with Crippen molar-refractivity contribution in [1.82, 2.24) is 5.43 Å². The summed E-state index contributed by atoms with van der Waals surface area (Å²) in [6.07, 6.45) is 5.21. The monoisotopic (exact) mass is 202 g/mol. The van der Waals surface area contributed by atoms with Gasteiger partial charge >= 0.3 is 0 Å². The van der Waals surface area contributed by atoms with Crippen molar-refractivity contribution >= 4 is 0 Å². The van der Waals surface area contributed by atoms with Crippen molar-refractivity contribution in [3.05, 3.63) is 35.4 Å². The molecule has 2 nitrogen and oxygen atoms in total. The normalized spacial score (nSPS) is 26.3. The molecule has 1 aromatic carbocycles. The van der Waals surface area contributed by atoms with E-state index in [1.807, 2.05) is 0 Å². The van der Waals surface area contributed by atoms with Gasteiger partial charge in [0.1, 0.15) is 0 Å². The third kappa shape index (κ3) is 1.58. The number of rotatable bonds is 3. The van der Waals surface area contributed by atoms with Crippen LogP contribution >= 0.6 is 0 Å². The Labute approximate surface area is 90.8 Å². The molecule has 1 saturated carbocycles. The fraction of sp³-hybridized carbons (Fsp3) is 0.538. The number of hydrogen-bond donors (Lipinski definition) is 2. The lowest BCUT2D eigenvalue weighted by atomic mass is 9.90. The van der Waals surface area contributed by atoms with Crippen molar-refractivity contribution in [3.8, 4) is 0 Å². The topological polar surface area (TPSA) is 38.0 Å². The van der Waals surface area contributed by atoms with Crippen molar-refractivity contribution < 1.29 is 0 Å². The van der Waals surface area contributed by atoms with Crippen molar-refractivity contribution in [2.24, 2.45) is 11.8 Å². The van der Waals surface area contributed by atoms with Gasteiger partial charge in [-0.15, -0.1) is 0 Å². The molecule has 15 heavy (non-hydrogen) atoms. The van der Waals surface area contributed by atoms with Crippen molar-refractivity contribution in [2.45, 2.75) is 37.6 Å². The molecule has 0 spiro atoms. The number of hydrazine groups is 1. The summed E-state index contributed by atoms with van der Waals surface area (Å²) in [5.74, 6) is 7.18. The van der Waals surface area contributed by atoms with Crippen molar-refractivity contribution in [2.75, 3.05) is 0 Å². The van der Waals surface area contributed by atoms with Gasteiger partial charge in [0.15, 0.2) is 0 Å². The zero-order chi connectivity index (χ0) is 10.3. The number of hydrogen-bond acceptors (Lipinski definition) is 2. The van der Waals surface area contributed by atoms with E-state index in [9.17, 15) is 0 Å². The lowest BCUT2D eigenvalue weighted by molar-refractivity contribution is 0.395. The van der Waals surface area contributed by atoms with E-state index in [1.54, 1.807) is 0 Å². The van der Waals surface area contributed by atoms with Gasteiger partial charge in [-0.3, -0.25) is 11.3 Å². The van der Waals surface area contributed by atoms with Crippen LogP contribution in [-0.4, -0.2) is 6.04 Å². The predicted molar refractivity (Wildman–Crippen MR) is 61.3 cm³/mol. The van der Waals surface area contributed by atoms with Gasteiger partial charge in [-0.1, -0.05) is 24.3 Å². The van der Waals surface area contributed by atoms with Gasteiger partial charge in [0.2, 0.25) is 0 Å². The smallest absolute Gasteiger partial charge is 0.0307 e. The molecule has 2 atom stereocenters. The molecule has 2 aliphatic carbocycles. The van der Waals surface area contributed by atoms with Crippen LogP contribution in [0.5, 0.6) is 0 Å². The van der Waals surface area contributed by atoms with Gasteiger partial charge in [0.05, 0.1) is 0 Å². The van der Waals surface area contributed by atoms with Gasteiger partial charge in [-0.05, 0) is 42.7 Å². The summed E-state index contributed by atoms with van der Waals surface area (Å²) in [5, 5.41) is 0. The Hall–Kier alpha value is -0.860. The first-order valence-corrected chi connectivity index (χ1v) is 5.94. The molecule has 80 valence electrons. The molecule has 0 bridgehead atoms. The van der Waals surface area contributed by atoms with Crippen LogP contribution in [0.25, 0.3) is 0 Å². The highest BCUT2D eigenvalue weighted by atomic mass is 15.2. The first-order valence-electron chi connectivity index (χ1n) is 5.94. The van der Waals surface area contributed by atoms with Crippen LogP contribution in [-0.2, 0) is 6.42 Å². The Balaban J connectivity index is 1.88. The van der Waals surface area contributed by atoms with E-state index in [4.69, 9.17) is 5.84 Å². The van der Waals surface area contributed by atoms with E-state index in [-0.39, 0.29) is 0 Å². The van der Waals surface area contributed by atoms with Crippen molar-refractivity contribution in [3.63, 3.8) is 0 Å². The Morgan fingerprint density at radius 1 is 1.20 bits per heavy atom. The molecule has 3 rings (SSSR count). The molecule has 3 N–H and O–H groups in total. The molecule has 1 aromatic rings. The fourth-order valence-electron chi connectivity index (χ4n) is 3.00. The Kier molecular flexibility index (Phi) is 2.26. The first-order chi connectivity index (χ1) is 7.40. The molecule has 0 amide bonds. The minimum Gasteiger partial charge on any atom is -0.271 e. The second-order valence-electron chi connectivity index (χ2n) is 4.87. The molecule has 0 aromatic heterocycles. The van der Waals surface area contributed by atoms with Gasteiger partial charge in [0, 0.05) is 12.0 Å². The van der Waals surface area contributed by atoms with Gasteiger partial charge in [0.25, 0.3) is 0 Å². The maximum atomic E-state index is 5.70. The minimum absolute atomic E-state index is 0.508. The molecule has 0 saturated heterocycles. The maximum absolute atomic E-state index is 5.70. The molecule has 2 heteroatoms. The first kappa shape index (κ1) is 9.37. The van der Waals surface area contributed by atoms with E-state index in [1.165, 1.54) is 36.8 Å². The Bertz CT molecular complexity index is 357. The van der Waals surface area contributed by atoms with Crippen LogP contribution in [0, 0.1) is 5.92 Å². The number of fused-ring (bicyclic) bond motifs is 1. The summed E-state index contributed by atoms with van der Waals surface area (Å²) in [5.41, 5.74) is 6.11. The summed E-state index contributed by atoms with van der Waals surface area (Å²) in [6, 6.07) is 9.34. The molecule has 1 fully saturated rings. The molecule has 2 aliphatic rings. The summed E-state index contributed by atoms with van der Waals surface area (Å²) < 4.78 is 0. The number of aryl methyl sites for hydroxylation is 1. The largest absolute Gasteiger partial charge is 0.271 e. The lowest BCUT2D eigenvalue weighted by Crippen LogP contribution is -2.40. The standard InChI is InChI=1S/C13H18N2/c14-15-13(10-5-6-10)12-8-7-9-3-1-2-4-11(9)12/h1-4,10,12-13,15H,5-8,14H2. The molecular weight excluding hydrogens is 184 g/mol. The van der Waals surface area contributed by atoms with E-state index in [0.717, 1.165) is 5.92 Å². The fourth-order valence-corrected chi connectivity index (χ4v) is 3.00. The summed E-state index contributed by atoms with van der Waals surface area (Å²) in [6.45, 7) is 0. The van der Waals surface area contributed by atoms with E-state index in [0.29, 0.717) is 12.0 Å². The molecule has 0 heterocycles. The van der Waals surface area contributed by atoms with Crippen LogP contribution < -0.4 is 11.3 Å². The average molecular weight is 202 g/mol. The third-order valence-corrected chi connectivity index (χ3v) is 3.94. The maximum Gasteiger partial charge on any atom is 0.0307 e. The van der Waals surface area contributed by atoms with E-state index < -0.39 is 0 Å². The highest BCUT2D eigenvalue weighted by molar-refractivity contribution is 5.36. The SMILES string of the molecule is NNC(C1CC1)C1CCc2ccccc21. The van der Waals surface area contributed by atoms with E-state index in [2.05, 4.69) is 29.7 Å². The van der Waals surface area contributed by atoms with Gasteiger partial charge < -0.3 is 0 Å². The summed E-state index contributed by atoms with van der Waals surface area (Å²) >= 11 is 0. The van der Waals surface area contributed by atoms with Crippen LogP contribution in [0.2, 0.25) is 0 Å². The molecule has 2 unspecified atom stereocenters. The molecular formula is C13H18N2. The van der Waals surface area contributed by atoms with Crippen LogP contribution in [0.15, 0.2) is 24.3 Å². The summed E-state index contributed by atoms with van der Waals surface area (Å²) in [7, 11) is 0. The molecule has 0 radical (unpaired) electrons. The minimum atomic E-state index is 0.508. The van der Waals surface area contributed by atoms with Crippen LogP contribution in [0.1, 0.15) is 36.3 Å². The van der Waals surface area contributed by atoms with E-state index >= 15 is 0 Å². The second kappa shape index (κ2) is 3.62. The van der Waals surface area contributed by atoms with Gasteiger partial charge in [-0.2, -0.15) is 0 Å². The predicted octanol–water partition coefficient (Wildman–Crippen LogP) is 1.96.